The van der Waals surface area contributed by atoms with Crippen molar-refractivity contribution in [3.63, 3.8) is 0 Å². The van der Waals surface area contributed by atoms with Crippen molar-refractivity contribution >= 4 is 15.9 Å². The summed E-state index contributed by atoms with van der Waals surface area (Å²) in [6.07, 6.45) is 0. The fourth-order valence-electron chi connectivity index (χ4n) is 2.47. The Hall–Kier alpha value is -3.37. The molecule has 4 aromatic rings. The molecule has 4 rings (SSSR count). The predicted molar refractivity (Wildman–Crippen MR) is 101 cm³/mol. The van der Waals surface area contributed by atoms with Crippen molar-refractivity contribution in [2.75, 3.05) is 0 Å². The third kappa shape index (κ3) is 3.91. The lowest BCUT2D eigenvalue weighted by Crippen LogP contribution is -1.95. The molecule has 2 aromatic heterocycles. The highest BCUT2D eigenvalue weighted by Gasteiger charge is 2.12. The van der Waals surface area contributed by atoms with Crippen molar-refractivity contribution in [1.82, 2.24) is 10.2 Å². The van der Waals surface area contributed by atoms with Gasteiger partial charge >= 0.3 is 0 Å². The van der Waals surface area contributed by atoms with Gasteiger partial charge in [-0.1, -0.05) is 24.3 Å². The maximum absolute atomic E-state index is 8.86. The molecule has 2 aromatic carbocycles. The van der Waals surface area contributed by atoms with Crippen LogP contribution in [0, 0.1) is 11.3 Å². The molecule has 0 aliphatic rings. The number of benzene rings is 2. The third-order valence-electron chi connectivity index (χ3n) is 3.81. The molecule has 7 heteroatoms. The lowest BCUT2D eigenvalue weighted by molar-refractivity contribution is 0.264. The Labute approximate surface area is 163 Å². The van der Waals surface area contributed by atoms with Crippen LogP contribution in [0.25, 0.3) is 22.8 Å². The van der Waals surface area contributed by atoms with Crippen molar-refractivity contribution in [3.8, 4) is 34.6 Å². The highest BCUT2D eigenvalue weighted by atomic mass is 79.9. The van der Waals surface area contributed by atoms with Crippen LogP contribution in [0.1, 0.15) is 11.5 Å². The highest BCUT2D eigenvalue weighted by molar-refractivity contribution is 9.10. The summed E-state index contributed by atoms with van der Waals surface area (Å²) in [4.78, 5) is 0. The summed E-state index contributed by atoms with van der Waals surface area (Å²) < 4.78 is 17.2. The minimum atomic E-state index is 0.158. The average Bonchev–Trinajstić information content (AvgIpc) is 3.36. The van der Waals surface area contributed by atoms with Gasteiger partial charge in [0.05, 0.1) is 11.6 Å². The van der Waals surface area contributed by atoms with Gasteiger partial charge in [0, 0.05) is 0 Å². The Morgan fingerprint density at radius 1 is 0.889 bits per heavy atom. The second-order valence-corrected chi connectivity index (χ2v) is 6.39. The van der Waals surface area contributed by atoms with E-state index in [0.29, 0.717) is 33.5 Å². The Bertz CT molecular complexity index is 1090. The van der Waals surface area contributed by atoms with Crippen LogP contribution < -0.4 is 4.74 Å². The number of nitriles is 1. The summed E-state index contributed by atoms with van der Waals surface area (Å²) in [5, 5.41) is 16.8. The molecule has 0 N–H and O–H groups in total. The number of rotatable bonds is 5. The van der Waals surface area contributed by atoms with E-state index in [9.17, 15) is 0 Å². The fourth-order valence-corrected chi connectivity index (χ4v) is 2.77. The van der Waals surface area contributed by atoms with Crippen LogP contribution in [-0.4, -0.2) is 10.2 Å². The van der Waals surface area contributed by atoms with Crippen LogP contribution in [0.15, 0.2) is 74.2 Å². The Morgan fingerprint density at radius 3 is 2.22 bits per heavy atom. The number of ether oxygens (including phenoxy) is 1. The van der Waals surface area contributed by atoms with E-state index >= 15 is 0 Å². The number of hydrogen-bond acceptors (Lipinski definition) is 6. The summed E-state index contributed by atoms with van der Waals surface area (Å²) in [5.74, 6) is 1.84. The molecule has 0 spiro atoms. The number of hydrogen-bond donors (Lipinski definition) is 0. The number of furan rings is 1. The molecule has 27 heavy (non-hydrogen) atoms. The van der Waals surface area contributed by atoms with Crippen molar-refractivity contribution in [3.05, 3.63) is 76.8 Å². The monoisotopic (exact) mass is 421 g/mol. The maximum atomic E-state index is 8.86. The van der Waals surface area contributed by atoms with Gasteiger partial charge in [0.2, 0.25) is 0 Å². The van der Waals surface area contributed by atoms with Gasteiger partial charge in [0.1, 0.15) is 5.75 Å². The lowest BCUT2D eigenvalue weighted by atomic mass is 10.0. The largest absolute Gasteiger partial charge is 0.484 e. The van der Waals surface area contributed by atoms with E-state index in [2.05, 4.69) is 32.2 Å². The average molecular weight is 422 g/mol. The topological polar surface area (TPSA) is 85.1 Å². The lowest BCUT2D eigenvalue weighted by Gasteiger charge is -2.05. The van der Waals surface area contributed by atoms with Crippen molar-refractivity contribution in [2.24, 2.45) is 0 Å². The van der Waals surface area contributed by atoms with Crippen molar-refractivity contribution in [2.45, 2.75) is 6.61 Å². The first-order valence-electron chi connectivity index (χ1n) is 8.03. The van der Waals surface area contributed by atoms with Gasteiger partial charge in [-0.3, -0.25) is 0 Å². The Kier molecular flexibility index (Phi) is 4.73. The highest BCUT2D eigenvalue weighted by Crippen LogP contribution is 2.25. The summed E-state index contributed by atoms with van der Waals surface area (Å²) in [7, 11) is 0. The van der Waals surface area contributed by atoms with Crippen LogP contribution in [-0.2, 0) is 6.61 Å². The molecule has 0 amide bonds. The molecular formula is C20H12BrN3O3. The number of halogens is 1. The van der Waals surface area contributed by atoms with E-state index in [4.69, 9.17) is 18.8 Å². The Balaban J connectivity index is 1.40. The number of aromatic nitrogens is 2. The van der Waals surface area contributed by atoms with Crippen LogP contribution in [0.3, 0.4) is 0 Å². The third-order valence-corrected chi connectivity index (χ3v) is 4.24. The van der Waals surface area contributed by atoms with Gasteiger partial charge in [-0.15, -0.1) is 10.2 Å². The van der Waals surface area contributed by atoms with E-state index in [0.717, 1.165) is 11.1 Å². The molecule has 0 bridgehead atoms. The summed E-state index contributed by atoms with van der Waals surface area (Å²) in [6, 6.07) is 20.7. The second kappa shape index (κ2) is 7.48. The minimum Gasteiger partial charge on any atom is -0.484 e. The quantitative estimate of drug-likeness (QED) is 0.439. The van der Waals surface area contributed by atoms with Crippen LogP contribution >= 0.6 is 15.9 Å². The predicted octanol–water partition coefficient (Wildman–Crippen LogP) is 5.21. The van der Waals surface area contributed by atoms with Gasteiger partial charge in [-0.2, -0.15) is 5.26 Å². The van der Waals surface area contributed by atoms with Crippen LogP contribution in [0.5, 0.6) is 5.75 Å². The second-order valence-electron chi connectivity index (χ2n) is 5.61. The molecule has 0 aliphatic heterocycles. The molecule has 132 valence electrons. The van der Waals surface area contributed by atoms with Crippen LogP contribution in [0.4, 0.5) is 0 Å². The minimum absolute atomic E-state index is 0.158. The van der Waals surface area contributed by atoms with E-state index in [1.54, 1.807) is 24.3 Å². The zero-order valence-corrected chi connectivity index (χ0v) is 15.5. The van der Waals surface area contributed by atoms with Gasteiger partial charge in [-0.05, 0) is 63.5 Å². The normalized spacial score (nSPS) is 10.5. The molecular weight excluding hydrogens is 410 g/mol. The first-order chi connectivity index (χ1) is 13.2. The summed E-state index contributed by atoms with van der Waals surface area (Å²) in [6.45, 7) is 0.158. The first-order valence-corrected chi connectivity index (χ1v) is 8.82. The SMILES string of the molecule is N#Cc1ccc(-c2ccc(OCc3nnc(-c4ccc(Br)o4)o3)cc2)cc1. The van der Waals surface area contributed by atoms with Crippen LogP contribution in [0.2, 0.25) is 0 Å². The first kappa shape index (κ1) is 17.1. The van der Waals surface area contributed by atoms with Gasteiger partial charge in [0.25, 0.3) is 11.8 Å². The van der Waals surface area contributed by atoms with Crippen molar-refractivity contribution < 1.29 is 13.6 Å². The smallest absolute Gasteiger partial charge is 0.283 e. The zero-order valence-electron chi connectivity index (χ0n) is 13.9. The van der Waals surface area contributed by atoms with Gasteiger partial charge < -0.3 is 13.6 Å². The molecule has 2 heterocycles. The van der Waals surface area contributed by atoms with Crippen molar-refractivity contribution in [1.29, 1.82) is 5.26 Å². The maximum Gasteiger partial charge on any atom is 0.283 e. The number of nitrogens with zero attached hydrogens (tertiary/aromatic N) is 3. The molecule has 0 saturated heterocycles. The van der Waals surface area contributed by atoms with E-state index in [1.165, 1.54) is 0 Å². The fraction of sp³-hybridized carbons (Fsp3) is 0.0500. The zero-order chi connectivity index (χ0) is 18.6. The molecule has 0 saturated carbocycles. The summed E-state index contributed by atoms with van der Waals surface area (Å²) >= 11 is 3.23. The molecule has 0 radical (unpaired) electrons. The van der Waals surface area contributed by atoms with E-state index < -0.39 is 0 Å². The summed E-state index contributed by atoms with van der Waals surface area (Å²) in [5.41, 5.74) is 2.71. The standard InChI is InChI=1S/C20H12BrN3O3/c21-18-10-9-17(26-18)20-24-23-19(27-20)12-25-16-7-5-15(6-8-16)14-3-1-13(11-22)2-4-14/h1-10H,12H2. The molecule has 0 aliphatic carbocycles. The van der Waals surface area contributed by atoms with Gasteiger partial charge in [-0.25, -0.2) is 0 Å². The molecule has 6 nitrogen and oxygen atoms in total. The molecule has 0 unspecified atom stereocenters. The van der Waals surface area contributed by atoms with E-state index in [-0.39, 0.29) is 6.61 Å². The molecule has 0 atom stereocenters. The molecule has 0 fully saturated rings. The van der Waals surface area contributed by atoms with E-state index in [1.807, 2.05) is 36.4 Å². The van der Waals surface area contributed by atoms with Gasteiger partial charge in [0.15, 0.2) is 17.0 Å². The Morgan fingerprint density at radius 2 is 1.59 bits per heavy atom.